The first-order chi connectivity index (χ1) is 5.38. The van der Waals surface area contributed by atoms with Crippen LogP contribution in [0.25, 0.3) is 0 Å². The molecule has 0 aliphatic carbocycles. The molecule has 11 heavy (non-hydrogen) atoms. The number of nitrogens with one attached hydrogen (secondary N) is 1. The van der Waals surface area contributed by atoms with Gasteiger partial charge in [0.25, 0.3) is 0 Å². The number of hydrazine groups is 1. The lowest BCUT2D eigenvalue weighted by Gasteiger charge is -2.31. The molecular weight excluding hydrogens is 136 g/mol. The van der Waals surface area contributed by atoms with Gasteiger partial charge in [-0.25, -0.2) is 5.01 Å². The average Bonchev–Trinajstić information content (AvgIpc) is 2.09. The Hall–Kier alpha value is -0.520. The second-order valence-electron chi connectivity index (χ2n) is 2.90. The van der Waals surface area contributed by atoms with E-state index in [9.17, 15) is 0 Å². The minimum atomic E-state index is 0.287. The summed E-state index contributed by atoms with van der Waals surface area (Å²) in [5.41, 5.74) is 3.31. The fourth-order valence-corrected chi connectivity index (χ4v) is 1.40. The van der Waals surface area contributed by atoms with Gasteiger partial charge in [0.2, 0.25) is 0 Å². The van der Waals surface area contributed by atoms with Gasteiger partial charge in [0.15, 0.2) is 0 Å². The van der Waals surface area contributed by atoms with E-state index >= 15 is 0 Å². The van der Waals surface area contributed by atoms with Crippen LogP contribution in [0.4, 0.5) is 0 Å². The van der Waals surface area contributed by atoms with Crippen molar-refractivity contribution in [2.24, 2.45) is 0 Å². The van der Waals surface area contributed by atoms with Gasteiger partial charge in [-0.1, -0.05) is 12.8 Å². The van der Waals surface area contributed by atoms with E-state index in [1.165, 1.54) is 12.8 Å². The van der Waals surface area contributed by atoms with Crippen LogP contribution in [0.2, 0.25) is 0 Å². The van der Waals surface area contributed by atoms with Crippen LogP contribution in [-0.4, -0.2) is 24.1 Å². The average molecular weight is 152 g/mol. The molecule has 0 bridgehead atoms. The van der Waals surface area contributed by atoms with Crippen molar-refractivity contribution in [3.8, 4) is 12.3 Å². The summed E-state index contributed by atoms with van der Waals surface area (Å²) in [6.45, 7) is 4.31. The second-order valence-corrected chi connectivity index (χ2v) is 2.90. The summed E-state index contributed by atoms with van der Waals surface area (Å²) in [7, 11) is 0. The second kappa shape index (κ2) is 4.38. The van der Waals surface area contributed by atoms with Gasteiger partial charge in [-0.15, -0.1) is 6.42 Å². The number of nitrogens with zero attached hydrogens (tertiary/aromatic N) is 1. The lowest BCUT2D eigenvalue weighted by atomic mass is 10.2. The largest absolute Gasteiger partial charge is 0.254 e. The zero-order chi connectivity index (χ0) is 8.10. The van der Waals surface area contributed by atoms with E-state index in [1.807, 2.05) is 0 Å². The maximum absolute atomic E-state index is 5.38. The maximum Gasteiger partial charge on any atom is 0.0845 e. The van der Waals surface area contributed by atoms with Gasteiger partial charge in [0.05, 0.1) is 6.04 Å². The lowest BCUT2D eigenvalue weighted by molar-refractivity contribution is 0.121. The predicted molar refractivity (Wildman–Crippen MR) is 46.9 cm³/mol. The summed E-state index contributed by atoms with van der Waals surface area (Å²) in [5, 5.41) is 2.18. The molecule has 1 rings (SSSR count). The Labute approximate surface area is 68.9 Å². The zero-order valence-electron chi connectivity index (χ0n) is 7.14. The Balaban J connectivity index is 2.38. The molecule has 0 spiro atoms. The van der Waals surface area contributed by atoms with Gasteiger partial charge in [-0.3, -0.25) is 5.43 Å². The Bertz CT molecular complexity index is 142. The molecule has 1 fully saturated rings. The van der Waals surface area contributed by atoms with Gasteiger partial charge >= 0.3 is 0 Å². The van der Waals surface area contributed by atoms with E-state index in [4.69, 9.17) is 6.42 Å². The molecule has 1 aliphatic rings. The highest BCUT2D eigenvalue weighted by Gasteiger charge is 2.15. The highest BCUT2D eigenvalue weighted by molar-refractivity contribution is 4.98. The van der Waals surface area contributed by atoms with E-state index in [2.05, 4.69) is 23.3 Å². The van der Waals surface area contributed by atoms with E-state index in [-0.39, 0.29) is 6.04 Å². The Morgan fingerprint density at radius 1 is 1.64 bits per heavy atom. The number of hydrogen-bond donors (Lipinski definition) is 1. The van der Waals surface area contributed by atoms with Gasteiger partial charge in [-0.2, -0.15) is 0 Å². The smallest absolute Gasteiger partial charge is 0.0845 e. The van der Waals surface area contributed by atoms with Crippen molar-refractivity contribution in [3.05, 3.63) is 0 Å². The predicted octanol–water partition coefficient (Wildman–Crippen LogP) is 0.999. The van der Waals surface area contributed by atoms with E-state index < -0.39 is 0 Å². The molecule has 62 valence electrons. The van der Waals surface area contributed by atoms with Gasteiger partial charge < -0.3 is 0 Å². The van der Waals surface area contributed by atoms with Crippen molar-refractivity contribution in [1.82, 2.24) is 10.4 Å². The summed E-state index contributed by atoms with van der Waals surface area (Å²) < 4.78 is 0. The molecule has 1 unspecified atom stereocenters. The van der Waals surface area contributed by atoms with E-state index in [0.717, 1.165) is 19.5 Å². The Kier molecular flexibility index (Phi) is 3.41. The quantitative estimate of drug-likeness (QED) is 0.594. The van der Waals surface area contributed by atoms with Crippen LogP contribution in [0.5, 0.6) is 0 Å². The van der Waals surface area contributed by atoms with Crippen LogP contribution in [-0.2, 0) is 0 Å². The van der Waals surface area contributed by atoms with Crippen LogP contribution in [0.1, 0.15) is 26.2 Å². The fraction of sp³-hybridized carbons (Fsp3) is 0.778. The molecule has 0 aromatic carbocycles. The van der Waals surface area contributed by atoms with Crippen LogP contribution in [0.15, 0.2) is 0 Å². The molecule has 1 heterocycles. The first-order valence-corrected chi connectivity index (χ1v) is 4.34. The third kappa shape index (κ3) is 2.21. The standard InChI is InChI=1S/C9H16N2/c1-3-9(4-2)11-8-6-5-7-10-11/h1,9-10H,4-8H2,2H3. The number of rotatable bonds is 2. The highest BCUT2D eigenvalue weighted by Crippen LogP contribution is 2.06. The van der Waals surface area contributed by atoms with Crippen LogP contribution >= 0.6 is 0 Å². The van der Waals surface area contributed by atoms with Crippen molar-refractivity contribution in [1.29, 1.82) is 0 Å². The summed E-state index contributed by atoms with van der Waals surface area (Å²) in [6, 6.07) is 0.287. The van der Waals surface area contributed by atoms with Crippen molar-refractivity contribution in [3.63, 3.8) is 0 Å². The summed E-state index contributed by atoms with van der Waals surface area (Å²) >= 11 is 0. The summed E-state index contributed by atoms with van der Waals surface area (Å²) in [5.74, 6) is 2.78. The number of hydrogen-bond acceptors (Lipinski definition) is 2. The van der Waals surface area contributed by atoms with Crippen LogP contribution in [0, 0.1) is 12.3 Å². The molecule has 2 heteroatoms. The van der Waals surface area contributed by atoms with Crippen LogP contribution in [0.3, 0.4) is 0 Å². The number of terminal acetylenes is 1. The molecule has 0 saturated carbocycles. The normalized spacial score (nSPS) is 22.5. The van der Waals surface area contributed by atoms with Crippen molar-refractivity contribution in [2.75, 3.05) is 13.1 Å². The van der Waals surface area contributed by atoms with Crippen LogP contribution < -0.4 is 5.43 Å². The first kappa shape index (κ1) is 8.58. The van der Waals surface area contributed by atoms with E-state index in [0.29, 0.717) is 0 Å². The zero-order valence-corrected chi connectivity index (χ0v) is 7.14. The minimum Gasteiger partial charge on any atom is -0.254 e. The lowest BCUT2D eigenvalue weighted by Crippen LogP contribution is -2.48. The monoisotopic (exact) mass is 152 g/mol. The maximum atomic E-state index is 5.38. The first-order valence-electron chi connectivity index (χ1n) is 4.34. The molecule has 1 aliphatic heterocycles. The molecule has 1 N–H and O–H groups in total. The third-order valence-electron chi connectivity index (χ3n) is 2.10. The Morgan fingerprint density at radius 2 is 2.45 bits per heavy atom. The summed E-state index contributed by atoms with van der Waals surface area (Å²) in [4.78, 5) is 0. The highest BCUT2D eigenvalue weighted by atomic mass is 15.5. The molecule has 1 atom stereocenters. The SMILES string of the molecule is C#CC(CC)N1CCCCN1. The van der Waals surface area contributed by atoms with Crippen molar-refractivity contribution in [2.45, 2.75) is 32.2 Å². The molecule has 0 radical (unpaired) electrons. The van der Waals surface area contributed by atoms with Crippen molar-refractivity contribution < 1.29 is 0 Å². The fourth-order valence-electron chi connectivity index (χ4n) is 1.40. The molecule has 0 amide bonds. The molecule has 0 aromatic heterocycles. The topological polar surface area (TPSA) is 15.3 Å². The van der Waals surface area contributed by atoms with Gasteiger partial charge in [0.1, 0.15) is 0 Å². The van der Waals surface area contributed by atoms with Gasteiger partial charge in [-0.05, 0) is 19.3 Å². The molecule has 1 saturated heterocycles. The summed E-state index contributed by atoms with van der Waals surface area (Å²) in [6.07, 6.45) is 8.96. The van der Waals surface area contributed by atoms with Gasteiger partial charge in [0, 0.05) is 13.1 Å². The van der Waals surface area contributed by atoms with Crippen molar-refractivity contribution >= 4 is 0 Å². The minimum absolute atomic E-state index is 0.287. The van der Waals surface area contributed by atoms with E-state index in [1.54, 1.807) is 0 Å². The molecule has 2 nitrogen and oxygen atoms in total. The Morgan fingerprint density at radius 3 is 2.91 bits per heavy atom. The molecule has 0 aromatic rings. The molecular formula is C9H16N2. The third-order valence-corrected chi connectivity index (χ3v) is 2.10.